The van der Waals surface area contributed by atoms with Crippen LogP contribution in [0.15, 0.2) is 18.2 Å². The van der Waals surface area contributed by atoms with Gasteiger partial charge in [0.2, 0.25) is 0 Å². The van der Waals surface area contributed by atoms with Crippen LogP contribution in [-0.2, 0) is 6.42 Å². The van der Waals surface area contributed by atoms with Crippen molar-refractivity contribution >= 4 is 0 Å². The van der Waals surface area contributed by atoms with E-state index in [2.05, 4.69) is 0 Å². The third-order valence-corrected chi connectivity index (χ3v) is 1.75. The Kier molecular flexibility index (Phi) is 3.33. The number of aliphatic hydroxyl groups is 1. The van der Waals surface area contributed by atoms with E-state index in [4.69, 9.17) is 10.8 Å². The lowest BCUT2D eigenvalue weighted by Crippen LogP contribution is -2.19. The molecule has 1 unspecified atom stereocenters. The number of halogens is 2. The molecular weight excluding hydrogens is 176 g/mol. The Morgan fingerprint density at radius 3 is 2.31 bits per heavy atom. The minimum Gasteiger partial charge on any atom is -0.379 e. The van der Waals surface area contributed by atoms with E-state index >= 15 is 0 Å². The van der Waals surface area contributed by atoms with Crippen LogP contribution in [0.4, 0.5) is 8.78 Å². The summed E-state index contributed by atoms with van der Waals surface area (Å²) in [6.45, 7) is 0. The summed E-state index contributed by atoms with van der Waals surface area (Å²) in [6, 6.07) is 3.66. The molecule has 2 nitrogen and oxygen atoms in total. The van der Waals surface area contributed by atoms with Gasteiger partial charge in [0.25, 0.3) is 0 Å². The van der Waals surface area contributed by atoms with E-state index in [1.54, 1.807) is 0 Å². The Bertz CT molecular complexity index is 269. The molecule has 0 aliphatic carbocycles. The van der Waals surface area contributed by atoms with Crippen LogP contribution in [0.5, 0.6) is 0 Å². The Morgan fingerprint density at radius 1 is 1.31 bits per heavy atom. The molecule has 0 bridgehead atoms. The smallest absolute Gasteiger partial charge is 0.129 e. The fourth-order valence-corrected chi connectivity index (χ4v) is 1.06. The summed E-state index contributed by atoms with van der Waals surface area (Å²) >= 11 is 0. The molecule has 1 rings (SSSR count). The van der Waals surface area contributed by atoms with Crippen LogP contribution in [0.1, 0.15) is 12.0 Å². The highest BCUT2D eigenvalue weighted by molar-refractivity contribution is 5.19. The van der Waals surface area contributed by atoms with Gasteiger partial charge in [0.05, 0.1) is 0 Å². The van der Waals surface area contributed by atoms with E-state index in [1.807, 2.05) is 0 Å². The van der Waals surface area contributed by atoms with Crippen molar-refractivity contribution in [1.82, 2.24) is 0 Å². The van der Waals surface area contributed by atoms with Crippen molar-refractivity contribution in [2.24, 2.45) is 5.73 Å². The zero-order valence-electron chi connectivity index (χ0n) is 7.00. The second-order valence-corrected chi connectivity index (χ2v) is 2.81. The van der Waals surface area contributed by atoms with Crippen molar-refractivity contribution in [3.05, 3.63) is 35.4 Å². The van der Waals surface area contributed by atoms with E-state index in [9.17, 15) is 8.78 Å². The van der Waals surface area contributed by atoms with E-state index in [0.717, 1.165) is 0 Å². The van der Waals surface area contributed by atoms with Gasteiger partial charge in [0.1, 0.15) is 17.9 Å². The molecule has 13 heavy (non-hydrogen) atoms. The van der Waals surface area contributed by atoms with E-state index in [1.165, 1.54) is 18.2 Å². The SMILES string of the molecule is NC(O)CCc1c(F)cccc1F. The molecular formula is C9H11F2NO. The second kappa shape index (κ2) is 4.30. The standard InChI is InChI=1S/C9H11F2NO/c10-7-2-1-3-8(11)6(7)4-5-9(12)13/h1-3,9,13H,4-5,12H2. The monoisotopic (exact) mass is 187 g/mol. The Balaban J connectivity index is 2.75. The molecule has 1 atom stereocenters. The normalized spacial score (nSPS) is 12.9. The molecule has 1 aromatic carbocycles. The number of hydrogen-bond acceptors (Lipinski definition) is 2. The molecule has 4 heteroatoms. The maximum Gasteiger partial charge on any atom is 0.129 e. The van der Waals surface area contributed by atoms with Gasteiger partial charge in [-0.2, -0.15) is 0 Å². The molecule has 0 aromatic heterocycles. The van der Waals surface area contributed by atoms with Gasteiger partial charge >= 0.3 is 0 Å². The number of aliphatic hydroxyl groups excluding tert-OH is 1. The molecule has 3 N–H and O–H groups in total. The fourth-order valence-electron chi connectivity index (χ4n) is 1.06. The first-order chi connectivity index (χ1) is 6.11. The predicted octanol–water partition coefficient (Wildman–Crippen LogP) is 1.17. The maximum absolute atomic E-state index is 12.9. The maximum atomic E-state index is 12.9. The summed E-state index contributed by atoms with van der Waals surface area (Å²) in [5.41, 5.74) is 5.03. The van der Waals surface area contributed by atoms with Crippen LogP contribution in [0.3, 0.4) is 0 Å². The first-order valence-electron chi connectivity index (χ1n) is 3.98. The zero-order chi connectivity index (χ0) is 9.84. The molecule has 0 spiro atoms. The molecule has 0 aliphatic heterocycles. The van der Waals surface area contributed by atoms with Crippen molar-refractivity contribution < 1.29 is 13.9 Å². The van der Waals surface area contributed by atoms with Crippen LogP contribution in [0.25, 0.3) is 0 Å². The van der Waals surface area contributed by atoms with Gasteiger partial charge in [-0.1, -0.05) is 6.07 Å². The Hall–Kier alpha value is -1.00. The average molecular weight is 187 g/mol. The largest absolute Gasteiger partial charge is 0.379 e. The molecule has 72 valence electrons. The van der Waals surface area contributed by atoms with E-state index < -0.39 is 17.9 Å². The zero-order valence-corrected chi connectivity index (χ0v) is 7.00. The molecule has 0 radical (unpaired) electrons. The Morgan fingerprint density at radius 2 is 1.85 bits per heavy atom. The number of benzene rings is 1. The van der Waals surface area contributed by atoms with Gasteiger partial charge in [0, 0.05) is 5.56 Å². The van der Waals surface area contributed by atoms with Crippen molar-refractivity contribution in [2.75, 3.05) is 0 Å². The molecule has 0 fully saturated rings. The van der Waals surface area contributed by atoms with Crippen molar-refractivity contribution in [1.29, 1.82) is 0 Å². The summed E-state index contributed by atoms with van der Waals surface area (Å²) in [5, 5.41) is 8.73. The topological polar surface area (TPSA) is 46.2 Å². The van der Waals surface area contributed by atoms with Crippen LogP contribution in [0.2, 0.25) is 0 Å². The van der Waals surface area contributed by atoms with Gasteiger partial charge in [0.15, 0.2) is 0 Å². The van der Waals surface area contributed by atoms with Crippen LogP contribution < -0.4 is 5.73 Å². The van der Waals surface area contributed by atoms with Crippen LogP contribution in [-0.4, -0.2) is 11.3 Å². The predicted molar refractivity (Wildman–Crippen MR) is 44.9 cm³/mol. The summed E-state index contributed by atoms with van der Waals surface area (Å²) in [7, 11) is 0. The molecule has 0 saturated heterocycles. The minimum absolute atomic E-state index is 0.0213. The fraction of sp³-hybridized carbons (Fsp3) is 0.333. The highest BCUT2D eigenvalue weighted by Crippen LogP contribution is 2.14. The lowest BCUT2D eigenvalue weighted by molar-refractivity contribution is 0.172. The van der Waals surface area contributed by atoms with Crippen molar-refractivity contribution in [3.63, 3.8) is 0 Å². The lowest BCUT2D eigenvalue weighted by atomic mass is 10.1. The van der Waals surface area contributed by atoms with Crippen molar-refractivity contribution in [3.8, 4) is 0 Å². The summed E-state index contributed by atoms with van der Waals surface area (Å²) < 4.78 is 25.9. The highest BCUT2D eigenvalue weighted by Gasteiger charge is 2.08. The van der Waals surface area contributed by atoms with Gasteiger partial charge in [-0.3, -0.25) is 0 Å². The average Bonchev–Trinajstić information content (AvgIpc) is 2.03. The molecule has 0 aliphatic rings. The minimum atomic E-state index is -1.03. The van der Waals surface area contributed by atoms with Gasteiger partial charge in [-0.25, -0.2) is 8.78 Å². The molecule has 0 saturated carbocycles. The second-order valence-electron chi connectivity index (χ2n) is 2.81. The molecule has 1 aromatic rings. The van der Waals surface area contributed by atoms with Gasteiger partial charge in [-0.05, 0) is 25.0 Å². The van der Waals surface area contributed by atoms with Crippen LogP contribution in [0, 0.1) is 11.6 Å². The summed E-state index contributed by atoms with van der Waals surface area (Å²) in [5.74, 6) is -1.19. The number of hydrogen-bond donors (Lipinski definition) is 2. The molecule has 0 heterocycles. The van der Waals surface area contributed by atoms with E-state index in [-0.39, 0.29) is 18.4 Å². The number of nitrogens with two attached hydrogens (primary N) is 1. The summed E-state index contributed by atoms with van der Waals surface area (Å²) in [4.78, 5) is 0. The Labute approximate surface area is 75.0 Å². The lowest BCUT2D eigenvalue weighted by Gasteiger charge is -2.06. The molecule has 0 amide bonds. The highest BCUT2D eigenvalue weighted by atomic mass is 19.1. The van der Waals surface area contributed by atoms with Gasteiger partial charge < -0.3 is 10.8 Å². The first-order valence-corrected chi connectivity index (χ1v) is 3.98. The van der Waals surface area contributed by atoms with E-state index in [0.29, 0.717) is 0 Å². The van der Waals surface area contributed by atoms with Gasteiger partial charge in [-0.15, -0.1) is 0 Å². The summed E-state index contributed by atoms with van der Waals surface area (Å²) in [6.07, 6.45) is -0.771. The van der Waals surface area contributed by atoms with Crippen LogP contribution >= 0.6 is 0 Å². The third-order valence-electron chi connectivity index (χ3n) is 1.75. The quantitative estimate of drug-likeness (QED) is 0.698. The number of rotatable bonds is 3. The third kappa shape index (κ3) is 2.75. The first kappa shape index (κ1) is 10.1. The van der Waals surface area contributed by atoms with Crippen molar-refractivity contribution in [2.45, 2.75) is 19.1 Å².